The van der Waals surface area contributed by atoms with Crippen LogP contribution >= 0.6 is 0 Å². The van der Waals surface area contributed by atoms with E-state index in [2.05, 4.69) is 11.4 Å². The van der Waals surface area contributed by atoms with Crippen LogP contribution in [0.25, 0.3) is 0 Å². The van der Waals surface area contributed by atoms with Crippen molar-refractivity contribution in [3.8, 4) is 6.07 Å². The number of nitrogens with one attached hydrogen (secondary N) is 1. The lowest BCUT2D eigenvalue weighted by Gasteiger charge is -2.19. The first-order valence-corrected chi connectivity index (χ1v) is 6.80. The number of para-hydroxylation sites is 1. The van der Waals surface area contributed by atoms with Gasteiger partial charge in [0, 0.05) is 13.2 Å². The molecule has 1 N–H and O–H groups in total. The van der Waals surface area contributed by atoms with Crippen molar-refractivity contribution in [3.05, 3.63) is 29.8 Å². The van der Waals surface area contributed by atoms with E-state index in [1.54, 1.807) is 24.3 Å². The minimum absolute atomic E-state index is 0.119. The second-order valence-electron chi connectivity index (χ2n) is 4.27. The third-order valence-electron chi connectivity index (χ3n) is 2.89. The first-order valence-electron chi connectivity index (χ1n) is 6.80. The summed E-state index contributed by atoms with van der Waals surface area (Å²) in [6.07, 6.45) is 0. The van der Waals surface area contributed by atoms with E-state index in [9.17, 15) is 4.79 Å². The summed E-state index contributed by atoms with van der Waals surface area (Å²) in [6, 6.07) is 9.04. The summed E-state index contributed by atoms with van der Waals surface area (Å²) in [6.45, 7) is 7.04. The van der Waals surface area contributed by atoms with Gasteiger partial charge >= 0.3 is 0 Å². The number of anilines is 1. The highest BCUT2D eigenvalue weighted by molar-refractivity contribution is 5.93. The van der Waals surface area contributed by atoms with Gasteiger partial charge in [-0.1, -0.05) is 19.1 Å². The molecule has 0 spiro atoms. The van der Waals surface area contributed by atoms with Crippen LogP contribution in [0.5, 0.6) is 0 Å². The highest BCUT2D eigenvalue weighted by Crippen LogP contribution is 2.13. The summed E-state index contributed by atoms with van der Waals surface area (Å²) >= 11 is 0. The maximum Gasteiger partial charge on any atom is 0.238 e. The van der Waals surface area contributed by atoms with Gasteiger partial charge in [0.25, 0.3) is 0 Å². The molecule has 0 fully saturated rings. The monoisotopic (exact) mass is 275 g/mol. The molecule has 0 bridgehead atoms. The predicted molar refractivity (Wildman–Crippen MR) is 78.4 cm³/mol. The molecule has 0 saturated heterocycles. The normalized spacial score (nSPS) is 10.3. The van der Waals surface area contributed by atoms with E-state index < -0.39 is 0 Å². The molecule has 0 aromatic heterocycles. The third-order valence-corrected chi connectivity index (χ3v) is 2.89. The lowest BCUT2D eigenvalue weighted by molar-refractivity contribution is -0.117. The van der Waals surface area contributed by atoms with E-state index >= 15 is 0 Å². The average Bonchev–Trinajstić information content (AvgIpc) is 2.47. The first-order chi connectivity index (χ1) is 9.71. The van der Waals surface area contributed by atoms with Gasteiger partial charge in [-0.2, -0.15) is 5.26 Å². The Hall–Kier alpha value is -1.90. The molecule has 1 aromatic carbocycles. The Bertz CT molecular complexity index is 468. The van der Waals surface area contributed by atoms with E-state index in [1.807, 2.05) is 18.7 Å². The maximum absolute atomic E-state index is 12.0. The summed E-state index contributed by atoms with van der Waals surface area (Å²) in [5, 5.41) is 11.7. The molecular weight excluding hydrogens is 254 g/mol. The van der Waals surface area contributed by atoms with Crippen LogP contribution in [-0.2, 0) is 9.53 Å². The number of likely N-dealkylation sites (N-methyl/N-ethyl adjacent to an activating group) is 1. The van der Waals surface area contributed by atoms with Gasteiger partial charge in [-0.15, -0.1) is 0 Å². The fraction of sp³-hybridized carbons (Fsp3) is 0.467. The zero-order valence-corrected chi connectivity index (χ0v) is 12.1. The molecular formula is C15H21N3O2. The summed E-state index contributed by atoms with van der Waals surface area (Å²) in [4.78, 5) is 14.0. The van der Waals surface area contributed by atoms with Crippen molar-refractivity contribution in [2.75, 3.05) is 38.2 Å². The maximum atomic E-state index is 12.0. The largest absolute Gasteiger partial charge is 0.380 e. The standard InChI is InChI=1S/C15H21N3O2/c1-3-18(9-10-20-4-2)12-15(19)17-14-8-6-5-7-13(14)11-16/h5-8H,3-4,9-10,12H2,1-2H3,(H,17,19). The minimum Gasteiger partial charge on any atom is -0.380 e. The van der Waals surface area contributed by atoms with Crippen molar-refractivity contribution in [1.29, 1.82) is 5.26 Å². The van der Waals surface area contributed by atoms with Crippen LogP contribution in [0.3, 0.4) is 0 Å². The number of carbonyl (C=O) groups excluding carboxylic acids is 1. The molecule has 5 nitrogen and oxygen atoms in total. The number of nitrogens with zero attached hydrogens (tertiary/aromatic N) is 2. The molecule has 0 aliphatic heterocycles. The van der Waals surface area contributed by atoms with Gasteiger partial charge in [-0.05, 0) is 25.6 Å². The molecule has 1 aromatic rings. The molecule has 0 aliphatic carbocycles. The summed E-state index contributed by atoms with van der Waals surface area (Å²) in [7, 11) is 0. The molecule has 0 radical (unpaired) electrons. The topological polar surface area (TPSA) is 65.4 Å². The Morgan fingerprint density at radius 2 is 2.15 bits per heavy atom. The predicted octanol–water partition coefficient (Wildman–Crippen LogP) is 1.86. The summed E-state index contributed by atoms with van der Waals surface area (Å²) in [5.41, 5.74) is 1.03. The van der Waals surface area contributed by atoms with Crippen molar-refractivity contribution < 1.29 is 9.53 Å². The number of amides is 1. The molecule has 108 valence electrons. The van der Waals surface area contributed by atoms with Gasteiger partial charge in [0.1, 0.15) is 6.07 Å². The van der Waals surface area contributed by atoms with Crippen LogP contribution in [-0.4, -0.2) is 43.7 Å². The quantitative estimate of drug-likeness (QED) is 0.735. The van der Waals surface area contributed by atoms with E-state index in [-0.39, 0.29) is 5.91 Å². The molecule has 5 heteroatoms. The van der Waals surface area contributed by atoms with Gasteiger partial charge < -0.3 is 10.1 Å². The molecule has 0 atom stereocenters. The Morgan fingerprint density at radius 1 is 1.40 bits per heavy atom. The first kappa shape index (κ1) is 16.2. The number of hydrogen-bond donors (Lipinski definition) is 1. The summed E-state index contributed by atoms with van der Waals surface area (Å²) < 4.78 is 5.29. The van der Waals surface area contributed by atoms with Crippen molar-refractivity contribution >= 4 is 11.6 Å². The fourth-order valence-corrected chi connectivity index (χ4v) is 1.77. The molecule has 0 heterocycles. The van der Waals surface area contributed by atoms with Gasteiger partial charge in [-0.3, -0.25) is 9.69 Å². The lowest BCUT2D eigenvalue weighted by Crippen LogP contribution is -2.35. The van der Waals surface area contributed by atoms with Crippen molar-refractivity contribution in [2.24, 2.45) is 0 Å². The lowest BCUT2D eigenvalue weighted by atomic mass is 10.2. The number of carbonyl (C=O) groups is 1. The zero-order valence-electron chi connectivity index (χ0n) is 12.1. The van der Waals surface area contributed by atoms with Crippen LogP contribution < -0.4 is 5.32 Å². The molecule has 0 saturated carbocycles. The van der Waals surface area contributed by atoms with Crippen LogP contribution in [0.15, 0.2) is 24.3 Å². The van der Waals surface area contributed by atoms with Crippen LogP contribution in [0.1, 0.15) is 19.4 Å². The number of ether oxygens (including phenoxy) is 1. The Balaban J connectivity index is 2.51. The number of nitriles is 1. The zero-order chi connectivity index (χ0) is 14.8. The van der Waals surface area contributed by atoms with Crippen LogP contribution in [0.4, 0.5) is 5.69 Å². The van der Waals surface area contributed by atoms with E-state index in [0.29, 0.717) is 31.0 Å². The highest BCUT2D eigenvalue weighted by Gasteiger charge is 2.10. The average molecular weight is 275 g/mol. The van der Waals surface area contributed by atoms with Crippen molar-refractivity contribution in [3.63, 3.8) is 0 Å². The Kier molecular flexibility index (Phi) is 7.33. The Morgan fingerprint density at radius 3 is 2.80 bits per heavy atom. The SMILES string of the molecule is CCOCCN(CC)CC(=O)Nc1ccccc1C#N. The second kappa shape index (κ2) is 9.08. The molecule has 20 heavy (non-hydrogen) atoms. The third kappa shape index (κ3) is 5.39. The molecule has 0 aliphatic rings. The molecule has 1 rings (SSSR count). The van der Waals surface area contributed by atoms with E-state index in [0.717, 1.165) is 13.1 Å². The van der Waals surface area contributed by atoms with Gasteiger partial charge in [0.15, 0.2) is 0 Å². The number of benzene rings is 1. The van der Waals surface area contributed by atoms with Gasteiger partial charge in [0.2, 0.25) is 5.91 Å². The fourth-order valence-electron chi connectivity index (χ4n) is 1.77. The molecule has 1 amide bonds. The highest BCUT2D eigenvalue weighted by atomic mass is 16.5. The van der Waals surface area contributed by atoms with Gasteiger partial charge in [-0.25, -0.2) is 0 Å². The van der Waals surface area contributed by atoms with E-state index in [4.69, 9.17) is 10.00 Å². The number of rotatable bonds is 8. The van der Waals surface area contributed by atoms with Crippen molar-refractivity contribution in [2.45, 2.75) is 13.8 Å². The minimum atomic E-state index is -0.119. The summed E-state index contributed by atoms with van der Waals surface area (Å²) in [5.74, 6) is -0.119. The Labute approximate surface area is 120 Å². The van der Waals surface area contributed by atoms with Crippen LogP contribution in [0, 0.1) is 11.3 Å². The number of hydrogen-bond acceptors (Lipinski definition) is 4. The van der Waals surface area contributed by atoms with Gasteiger partial charge in [0.05, 0.1) is 24.4 Å². The smallest absolute Gasteiger partial charge is 0.238 e. The van der Waals surface area contributed by atoms with E-state index in [1.165, 1.54) is 0 Å². The van der Waals surface area contributed by atoms with Crippen molar-refractivity contribution in [1.82, 2.24) is 4.90 Å². The van der Waals surface area contributed by atoms with Crippen LogP contribution in [0.2, 0.25) is 0 Å². The second-order valence-corrected chi connectivity index (χ2v) is 4.27. The molecule has 0 unspecified atom stereocenters.